The zero-order chi connectivity index (χ0) is 15.4. The van der Waals surface area contributed by atoms with Gasteiger partial charge in [0, 0.05) is 19.0 Å². The Kier molecular flexibility index (Phi) is 4.87. The van der Waals surface area contributed by atoms with Crippen molar-refractivity contribution >= 4 is 6.03 Å². The summed E-state index contributed by atoms with van der Waals surface area (Å²) in [5, 5.41) is 2.86. The summed E-state index contributed by atoms with van der Waals surface area (Å²) in [6, 6.07) is 2.83. The van der Waals surface area contributed by atoms with E-state index >= 15 is 0 Å². The third kappa shape index (κ3) is 3.74. The van der Waals surface area contributed by atoms with Crippen LogP contribution in [0.25, 0.3) is 0 Å². The molecule has 2 fully saturated rings. The van der Waals surface area contributed by atoms with Gasteiger partial charge in [0.05, 0.1) is 31.6 Å². The number of pyridine rings is 1. The van der Waals surface area contributed by atoms with Gasteiger partial charge in [-0.05, 0) is 18.1 Å². The second-order valence-electron chi connectivity index (χ2n) is 6.10. The fourth-order valence-corrected chi connectivity index (χ4v) is 3.01. The molecule has 0 unspecified atom stereocenters. The predicted octanol–water partition coefficient (Wildman–Crippen LogP) is 2.18. The number of ether oxygens (including phenoxy) is 1. The molecule has 120 valence electrons. The summed E-state index contributed by atoms with van der Waals surface area (Å²) in [6.07, 6.45) is 4.96. The first-order chi connectivity index (χ1) is 10.7. The van der Waals surface area contributed by atoms with E-state index in [1.54, 1.807) is 6.07 Å². The Morgan fingerprint density at radius 2 is 2.27 bits per heavy atom. The van der Waals surface area contributed by atoms with Crippen molar-refractivity contribution in [3.8, 4) is 0 Å². The highest BCUT2D eigenvalue weighted by molar-refractivity contribution is 5.74. The van der Waals surface area contributed by atoms with Crippen LogP contribution < -0.4 is 5.32 Å². The first kappa shape index (κ1) is 15.2. The van der Waals surface area contributed by atoms with Gasteiger partial charge in [-0.3, -0.25) is 4.98 Å². The number of rotatable bonds is 3. The molecule has 3 rings (SSSR count). The Bertz CT molecular complexity index is 505. The van der Waals surface area contributed by atoms with E-state index in [4.69, 9.17) is 4.74 Å². The van der Waals surface area contributed by atoms with E-state index in [0.717, 1.165) is 19.3 Å². The number of carbonyl (C=O) groups excluding carboxylic acids is 1. The quantitative estimate of drug-likeness (QED) is 0.931. The molecule has 1 atom stereocenters. The summed E-state index contributed by atoms with van der Waals surface area (Å²) in [5.41, 5.74) is 0.649. The van der Waals surface area contributed by atoms with Crippen molar-refractivity contribution in [3.63, 3.8) is 0 Å². The van der Waals surface area contributed by atoms with Crippen LogP contribution in [-0.2, 0) is 11.3 Å². The van der Waals surface area contributed by atoms with E-state index < -0.39 is 0 Å². The monoisotopic (exact) mass is 307 g/mol. The zero-order valence-electron chi connectivity index (χ0n) is 12.6. The summed E-state index contributed by atoms with van der Waals surface area (Å²) < 4.78 is 18.5. The van der Waals surface area contributed by atoms with Gasteiger partial charge in [-0.2, -0.15) is 0 Å². The predicted molar refractivity (Wildman–Crippen MR) is 79.7 cm³/mol. The molecule has 5 nitrogen and oxygen atoms in total. The second-order valence-corrected chi connectivity index (χ2v) is 6.10. The van der Waals surface area contributed by atoms with Gasteiger partial charge in [-0.25, -0.2) is 9.18 Å². The summed E-state index contributed by atoms with van der Waals surface area (Å²) >= 11 is 0. The summed E-state index contributed by atoms with van der Waals surface area (Å²) in [5.74, 6) is 0.779. The molecule has 2 amide bonds. The van der Waals surface area contributed by atoms with Crippen LogP contribution in [0.15, 0.2) is 18.3 Å². The average Bonchev–Trinajstić information content (AvgIpc) is 2.71. The highest BCUT2D eigenvalue weighted by Crippen LogP contribution is 2.34. The molecule has 6 heteroatoms. The number of carbonyl (C=O) groups is 1. The van der Waals surface area contributed by atoms with Crippen molar-refractivity contribution < 1.29 is 13.9 Å². The lowest BCUT2D eigenvalue weighted by Gasteiger charge is -2.34. The Hall–Kier alpha value is -1.69. The largest absolute Gasteiger partial charge is 0.379 e. The molecule has 22 heavy (non-hydrogen) atoms. The first-order valence-electron chi connectivity index (χ1n) is 7.93. The third-order valence-electron chi connectivity index (χ3n) is 4.61. The molecule has 0 bridgehead atoms. The van der Waals surface area contributed by atoms with Crippen LogP contribution in [0.3, 0.4) is 0 Å². The van der Waals surface area contributed by atoms with Crippen LogP contribution in [0.4, 0.5) is 9.18 Å². The summed E-state index contributed by atoms with van der Waals surface area (Å²) in [4.78, 5) is 18.1. The lowest BCUT2D eigenvalue weighted by atomic mass is 9.76. The van der Waals surface area contributed by atoms with Crippen molar-refractivity contribution in [3.05, 3.63) is 29.8 Å². The molecule has 2 aliphatic rings. The van der Waals surface area contributed by atoms with Crippen molar-refractivity contribution in [2.45, 2.75) is 25.8 Å². The fraction of sp³-hybridized carbons (Fsp3) is 0.625. The van der Waals surface area contributed by atoms with Crippen molar-refractivity contribution in [1.82, 2.24) is 15.2 Å². The number of hydrogen-bond acceptors (Lipinski definition) is 3. The number of nitrogens with zero attached hydrogens (tertiary/aromatic N) is 2. The topological polar surface area (TPSA) is 54.5 Å². The van der Waals surface area contributed by atoms with Crippen LogP contribution in [-0.4, -0.2) is 42.2 Å². The summed E-state index contributed by atoms with van der Waals surface area (Å²) in [7, 11) is 0. The van der Waals surface area contributed by atoms with E-state index in [0.29, 0.717) is 37.2 Å². The lowest BCUT2D eigenvalue weighted by Crippen LogP contribution is -2.44. The number of urea groups is 1. The van der Waals surface area contributed by atoms with Crippen LogP contribution in [0, 0.1) is 17.7 Å². The number of hydrogen-bond donors (Lipinski definition) is 1. The lowest BCUT2D eigenvalue weighted by molar-refractivity contribution is 0.0775. The molecular weight excluding hydrogens is 285 g/mol. The maximum atomic E-state index is 12.8. The number of aromatic nitrogens is 1. The van der Waals surface area contributed by atoms with Crippen molar-refractivity contribution in [1.29, 1.82) is 0 Å². The van der Waals surface area contributed by atoms with Gasteiger partial charge in [0.1, 0.15) is 5.82 Å². The van der Waals surface area contributed by atoms with E-state index in [9.17, 15) is 9.18 Å². The Morgan fingerprint density at radius 1 is 1.41 bits per heavy atom. The molecule has 1 saturated carbocycles. The average molecular weight is 307 g/mol. The van der Waals surface area contributed by atoms with Crippen molar-refractivity contribution in [2.24, 2.45) is 11.8 Å². The standard InChI is InChI=1S/C16H22FN3O2/c17-14-4-5-15(18-8-14)9-19-16(21)20-6-7-22-11-13(10-20)12-2-1-3-12/h4-5,8,12-13H,1-3,6-7,9-11H2,(H,19,21)/t13-/m0/s1. The molecule has 0 radical (unpaired) electrons. The Morgan fingerprint density at radius 3 is 2.95 bits per heavy atom. The minimum absolute atomic E-state index is 0.0963. The van der Waals surface area contributed by atoms with E-state index in [-0.39, 0.29) is 11.8 Å². The molecule has 1 saturated heterocycles. The molecule has 1 aliphatic carbocycles. The molecule has 1 aromatic heterocycles. The first-order valence-corrected chi connectivity index (χ1v) is 7.93. The van der Waals surface area contributed by atoms with Gasteiger partial charge < -0.3 is 15.0 Å². The van der Waals surface area contributed by atoms with Crippen LogP contribution in [0.2, 0.25) is 0 Å². The molecular formula is C16H22FN3O2. The summed E-state index contributed by atoms with van der Waals surface area (Å²) in [6.45, 7) is 3.03. The third-order valence-corrected chi connectivity index (χ3v) is 4.61. The van der Waals surface area contributed by atoms with E-state index in [2.05, 4.69) is 10.3 Å². The Balaban J connectivity index is 1.52. The highest BCUT2D eigenvalue weighted by Gasteiger charge is 2.31. The smallest absolute Gasteiger partial charge is 0.317 e. The number of nitrogens with one attached hydrogen (secondary N) is 1. The van der Waals surface area contributed by atoms with Gasteiger partial charge in [-0.1, -0.05) is 19.3 Å². The van der Waals surface area contributed by atoms with E-state index in [1.807, 2.05) is 4.90 Å². The normalized spacial score (nSPS) is 22.8. The fourth-order valence-electron chi connectivity index (χ4n) is 3.01. The number of halogens is 1. The van der Waals surface area contributed by atoms with Gasteiger partial charge in [0.2, 0.25) is 0 Å². The number of amides is 2. The van der Waals surface area contributed by atoms with Crippen LogP contribution in [0.1, 0.15) is 25.0 Å². The molecule has 1 aliphatic heterocycles. The minimum Gasteiger partial charge on any atom is -0.379 e. The van der Waals surface area contributed by atoms with Gasteiger partial charge in [-0.15, -0.1) is 0 Å². The van der Waals surface area contributed by atoms with Crippen LogP contribution in [0.5, 0.6) is 0 Å². The molecule has 0 spiro atoms. The molecule has 1 aromatic rings. The molecule has 1 N–H and O–H groups in total. The minimum atomic E-state index is -0.372. The second kappa shape index (κ2) is 7.05. The van der Waals surface area contributed by atoms with Gasteiger partial charge in [0.15, 0.2) is 0 Å². The zero-order valence-corrected chi connectivity index (χ0v) is 12.6. The van der Waals surface area contributed by atoms with E-state index in [1.165, 1.54) is 25.3 Å². The van der Waals surface area contributed by atoms with Gasteiger partial charge >= 0.3 is 6.03 Å². The Labute approximate surface area is 129 Å². The highest BCUT2D eigenvalue weighted by atomic mass is 19.1. The maximum Gasteiger partial charge on any atom is 0.317 e. The SMILES string of the molecule is O=C(NCc1ccc(F)cn1)N1CCOC[C@@H](C2CCC2)C1. The molecule has 2 heterocycles. The maximum absolute atomic E-state index is 12.8. The van der Waals surface area contributed by atoms with Crippen LogP contribution >= 0.6 is 0 Å². The van der Waals surface area contributed by atoms with Crippen molar-refractivity contribution in [2.75, 3.05) is 26.3 Å². The molecule has 0 aromatic carbocycles. The van der Waals surface area contributed by atoms with Gasteiger partial charge in [0.25, 0.3) is 0 Å².